The van der Waals surface area contributed by atoms with Crippen LogP contribution >= 0.6 is 11.3 Å². The molecule has 1 saturated heterocycles. The lowest BCUT2D eigenvalue weighted by molar-refractivity contribution is 0.182. The Morgan fingerprint density at radius 2 is 2.12 bits per heavy atom. The van der Waals surface area contributed by atoms with Gasteiger partial charge in [0.1, 0.15) is 11.6 Å². The van der Waals surface area contributed by atoms with Crippen LogP contribution in [0.15, 0.2) is 16.8 Å². The van der Waals surface area contributed by atoms with Crippen LogP contribution in [0.4, 0.5) is 0 Å². The van der Waals surface area contributed by atoms with Crippen molar-refractivity contribution in [3.8, 4) is 0 Å². The molecule has 2 aliphatic carbocycles. The molecule has 2 aromatic rings. The third-order valence-corrected chi connectivity index (χ3v) is 7.17. The van der Waals surface area contributed by atoms with Crippen LogP contribution in [-0.2, 0) is 20.1 Å². The van der Waals surface area contributed by atoms with Gasteiger partial charge >= 0.3 is 0 Å². The maximum atomic E-state index is 4.55. The molecular formula is C19H27N5S. The van der Waals surface area contributed by atoms with Gasteiger partial charge in [-0.05, 0) is 73.0 Å². The first-order valence-corrected chi connectivity index (χ1v) is 10.5. The molecule has 0 aromatic carbocycles. The van der Waals surface area contributed by atoms with Crippen molar-refractivity contribution in [1.29, 1.82) is 0 Å². The number of nitrogens with one attached hydrogen (secondary N) is 1. The van der Waals surface area contributed by atoms with E-state index in [-0.39, 0.29) is 0 Å². The highest BCUT2D eigenvalue weighted by Gasteiger charge is 2.56. The highest BCUT2D eigenvalue weighted by molar-refractivity contribution is 7.07. The van der Waals surface area contributed by atoms with Crippen molar-refractivity contribution < 1.29 is 0 Å². The number of piperidine rings is 1. The summed E-state index contributed by atoms with van der Waals surface area (Å²) in [4.78, 5) is 2.67. The van der Waals surface area contributed by atoms with E-state index in [2.05, 4.69) is 48.9 Å². The number of rotatable bonds is 6. The molecule has 1 atom stereocenters. The third-order valence-electron chi connectivity index (χ3n) is 6.44. The van der Waals surface area contributed by atoms with E-state index in [1.54, 1.807) is 11.3 Å². The summed E-state index contributed by atoms with van der Waals surface area (Å²) >= 11 is 1.80. The van der Waals surface area contributed by atoms with Crippen molar-refractivity contribution in [2.75, 3.05) is 13.1 Å². The van der Waals surface area contributed by atoms with E-state index in [1.807, 2.05) is 0 Å². The highest BCUT2D eigenvalue weighted by Crippen LogP contribution is 2.56. The average Bonchev–Trinajstić information content (AvgIpc) is 3.49. The first kappa shape index (κ1) is 16.0. The summed E-state index contributed by atoms with van der Waals surface area (Å²) in [7, 11) is 2.15. The second-order valence-electron chi connectivity index (χ2n) is 8.18. The lowest BCUT2D eigenvalue weighted by Crippen LogP contribution is -2.36. The average molecular weight is 358 g/mol. The Balaban J connectivity index is 1.36. The summed E-state index contributed by atoms with van der Waals surface area (Å²) in [5.41, 5.74) is 1.99. The zero-order chi connectivity index (χ0) is 16.9. The molecule has 1 aliphatic heterocycles. The standard InChI is InChI=1S/C19H27N5S/c1-23-17(21-22-18(23)15-2-3-15)12-24(11-14-4-9-25-13-14)16-10-19(16)5-7-20-8-6-19/h4,9,13,15-16,20H,2-3,5-8,10-12H2,1H3. The van der Waals surface area contributed by atoms with E-state index in [4.69, 9.17) is 0 Å². The molecule has 3 heterocycles. The minimum absolute atomic E-state index is 0.555. The minimum atomic E-state index is 0.555. The van der Waals surface area contributed by atoms with E-state index >= 15 is 0 Å². The van der Waals surface area contributed by atoms with Gasteiger partial charge in [-0.1, -0.05) is 0 Å². The van der Waals surface area contributed by atoms with Crippen molar-refractivity contribution in [3.05, 3.63) is 34.0 Å². The Morgan fingerprint density at radius 3 is 2.84 bits per heavy atom. The van der Waals surface area contributed by atoms with Gasteiger partial charge in [0.15, 0.2) is 0 Å². The van der Waals surface area contributed by atoms with Gasteiger partial charge in [0.2, 0.25) is 0 Å². The van der Waals surface area contributed by atoms with Gasteiger partial charge in [-0.15, -0.1) is 10.2 Å². The topological polar surface area (TPSA) is 46.0 Å². The first-order chi connectivity index (χ1) is 12.3. The van der Waals surface area contributed by atoms with Gasteiger partial charge < -0.3 is 9.88 Å². The van der Waals surface area contributed by atoms with E-state index in [0.29, 0.717) is 17.4 Å². The Labute approximate surface area is 153 Å². The number of aromatic nitrogens is 3. The fourth-order valence-corrected chi connectivity index (χ4v) is 5.25. The molecule has 1 N–H and O–H groups in total. The molecule has 0 radical (unpaired) electrons. The van der Waals surface area contributed by atoms with Gasteiger partial charge in [-0.2, -0.15) is 11.3 Å². The Bertz CT molecular complexity index is 727. The summed E-state index contributed by atoms with van der Waals surface area (Å²) in [6.45, 7) is 4.32. The molecule has 0 amide bonds. The van der Waals surface area contributed by atoms with Crippen LogP contribution in [0, 0.1) is 5.41 Å². The van der Waals surface area contributed by atoms with E-state index in [0.717, 1.165) is 18.9 Å². The molecule has 25 heavy (non-hydrogen) atoms. The molecule has 1 spiro atoms. The van der Waals surface area contributed by atoms with Crippen molar-refractivity contribution in [2.24, 2.45) is 12.5 Å². The van der Waals surface area contributed by atoms with Gasteiger partial charge in [0.25, 0.3) is 0 Å². The Morgan fingerprint density at radius 1 is 1.28 bits per heavy atom. The van der Waals surface area contributed by atoms with Gasteiger partial charge in [0.05, 0.1) is 6.54 Å². The monoisotopic (exact) mass is 357 g/mol. The zero-order valence-electron chi connectivity index (χ0n) is 14.9. The van der Waals surface area contributed by atoms with E-state index in [1.165, 1.54) is 56.6 Å². The molecule has 5 nitrogen and oxygen atoms in total. The Kier molecular flexibility index (Phi) is 3.95. The van der Waals surface area contributed by atoms with E-state index in [9.17, 15) is 0 Å². The predicted molar refractivity (Wildman–Crippen MR) is 99.5 cm³/mol. The fraction of sp³-hybridized carbons (Fsp3) is 0.684. The van der Waals surface area contributed by atoms with Crippen molar-refractivity contribution in [3.63, 3.8) is 0 Å². The van der Waals surface area contributed by atoms with Crippen LogP contribution in [0.3, 0.4) is 0 Å². The predicted octanol–water partition coefficient (Wildman–Crippen LogP) is 2.90. The molecule has 3 fully saturated rings. The normalized spacial score (nSPS) is 25.0. The van der Waals surface area contributed by atoms with Crippen LogP contribution in [0.5, 0.6) is 0 Å². The molecule has 134 valence electrons. The molecule has 2 aromatic heterocycles. The molecule has 2 saturated carbocycles. The number of thiophene rings is 1. The second kappa shape index (κ2) is 6.18. The summed E-state index contributed by atoms with van der Waals surface area (Å²) in [6.07, 6.45) is 6.56. The van der Waals surface area contributed by atoms with Crippen LogP contribution in [0.2, 0.25) is 0 Å². The quantitative estimate of drug-likeness (QED) is 0.863. The number of hydrogen-bond acceptors (Lipinski definition) is 5. The summed E-state index contributed by atoms with van der Waals surface area (Å²) in [5.74, 6) is 2.99. The molecule has 6 heteroatoms. The highest BCUT2D eigenvalue weighted by atomic mass is 32.1. The molecule has 5 rings (SSSR count). The fourth-order valence-electron chi connectivity index (χ4n) is 4.59. The first-order valence-electron chi connectivity index (χ1n) is 9.59. The summed E-state index contributed by atoms with van der Waals surface area (Å²) < 4.78 is 2.26. The molecule has 0 bridgehead atoms. The third kappa shape index (κ3) is 3.04. The van der Waals surface area contributed by atoms with Crippen LogP contribution in [0.25, 0.3) is 0 Å². The largest absolute Gasteiger partial charge is 0.317 e. The zero-order valence-corrected chi connectivity index (χ0v) is 15.8. The van der Waals surface area contributed by atoms with Crippen molar-refractivity contribution in [2.45, 2.75) is 57.2 Å². The van der Waals surface area contributed by atoms with Gasteiger partial charge in [0, 0.05) is 25.6 Å². The maximum Gasteiger partial charge on any atom is 0.146 e. The smallest absolute Gasteiger partial charge is 0.146 e. The SMILES string of the molecule is Cn1c(CN(Cc2ccsc2)C2CC23CCNCC3)nnc1C1CC1. The van der Waals surface area contributed by atoms with Gasteiger partial charge in [-0.25, -0.2) is 0 Å². The number of nitrogens with zero attached hydrogens (tertiary/aromatic N) is 4. The minimum Gasteiger partial charge on any atom is -0.317 e. The van der Waals surface area contributed by atoms with Gasteiger partial charge in [-0.3, -0.25) is 4.90 Å². The molecular weight excluding hydrogens is 330 g/mol. The Hall–Kier alpha value is -1.24. The van der Waals surface area contributed by atoms with Crippen LogP contribution < -0.4 is 5.32 Å². The van der Waals surface area contributed by atoms with Crippen molar-refractivity contribution >= 4 is 11.3 Å². The number of hydrogen-bond donors (Lipinski definition) is 1. The maximum absolute atomic E-state index is 4.55. The lowest BCUT2D eigenvalue weighted by Gasteiger charge is -2.29. The second-order valence-corrected chi connectivity index (χ2v) is 8.96. The van der Waals surface area contributed by atoms with Crippen LogP contribution in [0.1, 0.15) is 55.2 Å². The van der Waals surface area contributed by atoms with E-state index < -0.39 is 0 Å². The summed E-state index contributed by atoms with van der Waals surface area (Å²) in [6, 6.07) is 2.97. The lowest BCUT2D eigenvalue weighted by atomic mass is 9.93. The van der Waals surface area contributed by atoms with Crippen LogP contribution in [-0.4, -0.2) is 38.8 Å². The molecule has 3 aliphatic rings. The summed E-state index contributed by atoms with van der Waals surface area (Å²) in [5, 5.41) is 17.0. The molecule has 1 unspecified atom stereocenters. The van der Waals surface area contributed by atoms with Crippen molar-refractivity contribution in [1.82, 2.24) is 25.0 Å².